The van der Waals surface area contributed by atoms with Crippen LogP contribution in [0.15, 0.2) is 42.5 Å². The topological polar surface area (TPSA) is 59.0 Å². The van der Waals surface area contributed by atoms with Crippen molar-refractivity contribution in [3.63, 3.8) is 0 Å². The molecule has 1 aliphatic carbocycles. The zero-order valence-electron chi connectivity index (χ0n) is 17.7. The molecule has 2 aromatic carbocycles. The second-order valence-electron chi connectivity index (χ2n) is 8.91. The molecule has 0 atom stereocenters. The number of para-hydroxylation sites is 1. The molecule has 3 aliphatic rings. The van der Waals surface area contributed by atoms with Gasteiger partial charge in [-0.1, -0.05) is 18.2 Å². The highest BCUT2D eigenvalue weighted by molar-refractivity contribution is 5.85. The predicted octanol–water partition coefficient (Wildman–Crippen LogP) is 4.50. The fraction of sp³-hybridized carbons (Fsp3) is 0.400. The number of carboxylic acid groups (broad SMARTS) is 1. The van der Waals surface area contributed by atoms with E-state index in [0.717, 1.165) is 18.4 Å². The number of hydrogen-bond donors (Lipinski definition) is 1. The first kappa shape index (κ1) is 20.9. The normalized spacial score (nSPS) is 19.8. The first-order chi connectivity index (χ1) is 15.4. The minimum atomic E-state index is -0.859. The van der Waals surface area contributed by atoms with Crippen molar-refractivity contribution in [1.82, 2.24) is 4.90 Å². The highest BCUT2D eigenvalue weighted by Crippen LogP contribution is 2.44. The van der Waals surface area contributed by atoms with Gasteiger partial charge in [0.1, 0.15) is 11.4 Å². The van der Waals surface area contributed by atoms with Crippen LogP contribution in [0.25, 0.3) is 5.57 Å². The molecule has 1 N–H and O–H groups in total. The maximum Gasteiger partial charge on any atom is 0.317 e. The number of rotatable bonds is 6. The molecule has 0 unspecified atom stereocenters. The van der Waals surface area contributed by atoms with E-state index in [1.165, 1.54) is 12.1 Å². The highest BCUT2D eigenvalue weighted by Gasteiger charge is 2.39. The third kappa shape index (κ3) is 4.21. The van der Waals surface area contributed by atoms with Gasteiger partial charge in [0.15, 0.2) is 17.4 Å². The van der Waals surface area contributed by atoms with Crippen molar-refractivity contribution in [3.8, 4) is 11.5 Å². The Kier molecular flexibility index (Phi) is 5.37. The van der Waals surface area contributed by atoms with E-state index in [9.17, 15) is 13.6 Å². The molecule has 1 spiro atoms. The molecular formula is C25H25F2NO4. The number of carbonyl (C=O) groups is 1. The summed E-state index contributed by atoms with van der Waals surface area (Å²) in [6.07, 6.45) is 5.21. The SMILES string of the molecule is O=C(O)CN1CCC2(C=C(c3cc(F)c(OCC4CC4)c(F)c3)c3ccccc3O2)CC1. The van der Waals surface area contributed by atoms with Crippen LogP contribution in [0.3, 0.4) is 0 Å². The van der Waals surface area contributed by atoms with Gasteiger partial charge in [0.2, 0.25) is 0 Å². The van der Waals surface area contributed by atoms with E-state index in [1.807, 2.05) is 35.2 Å². The Morgan fingerprint density at radius 3 is 2.50 bits per heavy atom. The van der Waals surface area contributed by atoms with Gasteiger partial charge in [-0.25, -0.2) is 8.78 Å². The van der Waals surface area contributed by atoms with Crippen LogP contribution >= 0.6 is 0 Å². The Hall–Kier alpha value is -2.93. The summed E-state index contributed by atoms with van der Waals surface area (Å²) in [5.41, 5.74) is 1.27. The fourth-order valence-corrected chi connectivity index (χ4v) is 4.47. The number of nitrogens with zero attached hydrogens (tertiary/aromatic N) is 1. The van der Waals surface area contributed by atoms with Crippen molar-refractivity contribution in [2.24, 2.45) is 5.92 Å². The van der Waals surface area contributed by atoms with Crippen LogP contribution in [-0.4, -0.2) is 47.8 Å². The van der Waals surface area contributed by atoms with Crippen LogP contribution in [0.2, 0.25) is 0 Å². The molecule has 1 saturated carbocycles. The van der Waals surface area contributed by atoms with Crippen LogP contribution in [0.5, 0.6) is 11.5 Å². The van der Waals surface area contributed by atoms with Gasteiger partial charge in [0, 0.05) is 31.5 Å². The van der Waals surface area contributed by atoms with Crippen molar-refractivity contribution < 1.29 is 28.2 Å². The smallest absolute Gasteiger partial charge is 0.317 e. The van der Waals surface area contributed by atoms with Crippen molar-refractivity contribution >= 4 is 11.5 Å². The van der Waals surface area contributed by atoms with E-state index in [4.69, 9.17) is 14.6 Å². The molecule has 2 heterocycles. The van der Waals surface area contributed by atoms with Gasteiger partial charge in [-0.15, -0.1) is 0 Å². The lowest BCUT2D eigenvalue weighted by Gasteiger charge is -2.42. The average molecular weight is 441 g/mol. The van der Waals surface area contributed by atoms with E-state index < -0.39 is 23.2 Å². The molecule has 0 bridgehead atoms. The molecule has 5 nitrogen and oxygen atoms in total. The zero-order valence-corrected chi connectivity index (χ0v) is 17.7. The summed E-state index contributed by atoms with van der Waals surface area (Å²) >= 11 is 0. The highest BCUT2D eigenvalue weighted by atomic mass is 19.1. The Morgan fingerprint density at radius 1 is 1.16 bits per heavy atom. The monoisotopic (exact) mass is 441 g/mol. The summed E-state index contributed by atoms with van der Waals surface area (Å²) < 4.78 is 41.4. The van der Waals surface area contributed by atoms with Crippen LogP contribution < -0.4 is 9.47 Å². The second kappa shape index (κ2) is 8.20. The lowest BCUT2D eigenvalue weighted by molar-refractivity contribution is -0.139. The summed E-state index contributed by atoms with van der Waals surface area (Å²) in [6, 6.07) is 10.1. The fourth-order valence-electron chi connectivity index (χ4n) is 4.47. The van der Waals surface area contributed by atoms with Crippen molar-refractivity contribution in [2.75, 3.05) is 26.2 Å². The van der Waals surface area contributed by atoms with E-state index in [-0.39, 0.29) is 12.3 Å². The molecular weight excluding hydrogens is 416 g/mol. The Balaban J connectivity index is 1.47. The van der Waals surface area contributed by atoms with Crippen LogP contribution in [0.1, 0.15) is 36.8 Å². The molecule has 32 heavy (non-hydrogen) atoms. The van der Waals surface area contributed by atoms with Crippen LogP contribution in [0, 0.1) is 17.6 Å². The Bertz CT molecular complexity index is 1050. The Morgan fingerprint density at radius 2 is 1.84 bits per heavy atom. The minimum Gasteiger partial charge on any atom is -0.487 e. The Labute approximate surface area is 185 Å². The molecule has 2 aliphatic heterocycles. The lowest BCUT2D eigenvalue weighted by atomic mass is 9.83. The summed E-state index contributed by atoms with van der Waals surface area (Å²) in [4.78, 5) is 12.9. The van der Waals surface area contributed by atoms with Gasteiger partial charge in [0.05, 0.1) is 13.2 Å². The number of piperidine rings is 1. The summed E-state index contributed by atoms with van der Waals surface area (Å²) in [5.74, 6) is -1.55. The largest absolute Gasteiger partial charge is 0.487 e. The summed E-state index contributed by atoms with van der Waals surface area (Å²) in [6.45, 7) is 1.45. The molecule has 168 valence electrons. The molecule has 2 fully saturated rings. The lowest BCUT2D eigenvalue weighted by Crippen LogP contribution is -2.49. The number of likely N-dealkylation sites (tertiary alicyclic amines) is 1. The van der Waals surface area contributed by atoms with Crippen LogP contribution in [-0.2, 0) is 4.79 Å². The molecule has 7 heteroatoms. The zero-order chi connectivity index (χ0) is 22.3. The van der Waals surface area contributed by atoms with Gasteiger partial charge < -0.3 is 14.6 Å². The number of ether oxygens (including phenoxy) is 2. The molecule has 0 amide bonds. The number of benzene rings is 2. The van der Waals surface area contributed by atoms with Crippen molar-refractivity contribution in [1.29, 1.82) is 0 Å². The third-order valence-electron chi connectivity index (χ3n) is 6.43. The quantitative estimate of drug-likeness (QED) is 0.716. The minimum absolute atomic E-state index is 0.0119. The van der Waals surface area contributed by atoms with Crippen molar-refractivity contribution in [2.45, 2.75) is 31.3 Å². The average Bonchev–Trinajstić information content (AvgIpc) is 3.58. The van der Waals surface area contributed by atoms with Gasteiger partial charge in [0.25, 0.3) is 0 Å². The van der Waals surface area contributed by atoms with Crippen LogP contribution in [0.4, 0.5) is 8.78 Å². The summed E-state index contributed by atoms with van der Waals surface area (Å²) in [5, 5.41) is 9.07. The van der Waals surface area contributed by atoms with Gasteiger partial charge in [-0.05, 0) is 54.2 Å². The molecule has 1 saturated heterocycles. The first-order valence-electron chi connectivity index (χ1n) is 11.0. The number of fused-ring (bicyclic) bond motifs is 1. The number of hydrogen-bond acceptors (Lipinski definition) is 4. The second-order valence-corrected chi connectivity index (χ2v) is 8.91. The summed E-state index contributed by atoms with van der Waals surface area (Å²) in [7, 11) is 0. The van der Waals surface area contributed by atoms with E-state index in [0.29, 0.717) is 55.3 Å². The molecule has 0 radical (unpaired) electrons. The number of halogens is 2. The maximum absolute atomic E-state index is 14.8. The van der Waals surface area contributed by atoms with E-state index >= 15 is 0 Å². The third-order valence-corrected chi connectivity index (χ3v) is 6.43. The number of aliphatic carboxylic acids is 1. The predicted molar refractivity (Wildman–Crippen MR) is 115 cm³/mol. The molecule has 2 aromatic rings. The van der Waals surface area contributed by atoms with Gasteiger partial charge in [-0.3, -0.25) is 9.69 Å². The van der Waals surface area contributed by atoms with Gasteiger partial charge >= 0.3 is 5.97 Å². The van der Waals surface area contributed by atoms with Gasteiger partial charge in [-0.2, -0.15) is 0 Å². The maximum atomic E-state index is 14.8. The van der Waals surface area contributed by atoms with E-state index in [1.54, 1.807) is 0 Å². The van der Waals surface area contributed by atoms with Crippen molar-refractivity contribution in [3.05, 3.63) is 65.2 Å². The molecule has 0 aromatic heterocycles. The standard InChI is InChI=1S/C25H25F2NO4/c26-20-11-17(12-21(27)24(20)31-15-16-5-6-16)19-13-25(32-22-4-2-1-3-18(19)22)7-9-28(10-8-25)14-23(29)30/h1-4,11-13,16H,5-10,14-15H2,(H,29,30). The van der Waals surface area contributed by atoms with E-state index in [2.05, 4.69) is 0 Å². The number of carboxylic acids is 1. The first-order valence-corrected chi connectivity index (χ1v) is 11.0. The molecule has 5 rings (SSSR count).